The summed E-state index contributed by atoms with van der Waals surface area (Å²) in [5.74, 6) is 1.79. The highest BCUT2D eigenvalue weighted by Crippen LogP contribution is 2.64. The summed E-state index contributed by atoms with van der Waals surface area (Å²) in [6.07, 6.45) is 10.4. The van der Waals surface area contributed by atoms with Gasteiger partial charge in [0.1, 0.15) is 11.9 Å². The van der Waals surface area contributed by atoms with Crippen molar-refractivity contribution in [1.29, 1.82) is 0 Å². The third-order valence-electron chi connectivity index (χ3n) is 13.1. The molecule has 1 aromatic carbocycles. The van der Waals surface area contributed by atoms with Gasteiger partial charge in [-0.15, -0.1) is 0 Å². The van der Waals surface area contributed by atoms with E-state index in [1.54, 1.807) is 0 Å². The molecule has 0 bridgehead atoms. The molecule has 7 rings (SSSR count). The summed E-state index contributed by atoms with van der Waals surface area (Å²) in [6, 6.07) is 6.12. The molecule has 0 saturated heterocycles. The number of aliphatic hydroxyl groups excluding tert-OH is 1. The maximum Gasteiger partial charge on any atom is 0.311 e. The number of hydrogen-bond acceptors (Lipinski definition) is 6. The molecular weight excluding hydrogens is 552 g/mol. The van der Waals surface area contributed by atoms with Crippen molar-refractivity contribution in [2.75, 3.05) is 0 Å². The van der Waals surface area contributed by atoms with E-state index in [0.29, 0.717) is 29.9 Å². The van der Waals surface area contributed by atoms with Gasteiger partial charge in [-0.1, -0.05) is 45.4 Å². The largest absolute Gasteiger partial charge is 0.457 e. The minimum absolute atomic E-state index is 0.0219. The quantitative estimate of drug-likeness (QED) is 0.275. The number of carbonyl (C=O) groups is 3. The van der Waals surface area contributed by atoms with E-state index in [4.69, 9.17) is 9.47 Å². The van der Waals surface area contributed by atoms with E-state index in [1.165, 1.54) is 16.7 Å². The van der Waals surface area contributed by atoms with Crippen LogP contribution in [-0.2, 0) is 25.5 Å². The topological polar surface area (TPSA) is 89.9 Å². The normalized spacial score (nSPS) is 35.8. The first kappa shape index (κ1) is 30.0. The van der Waals surface area contributed by atoms with E-state index < -0.39 is 11.5 Å². The molecule has 0 heterocycles. The zero-order chi connectivity index (χ0) is 31.2. The highest BCUT2D eigenvalue weighted by molar-refractivity contribution is 6.05. The average Bonchev–Trinajstić information content (AvgIpc) is 3.67. The molecule has 1 aromatic rings. The first-order valence-corrected chi connectivity index (χ1v) is 17.1. The first-order valence-electron chi connectivity index (χ1n) is 17.1. The number of esters is 2. The van der Waals surface area contributed by atoms with Crippen molar-refractivity contribution in [2.24, 2.45) is 34.0 Å². The van der Waals surface area contributed by atoms with Crippen LogP contribution in [0.3, 0.4) is 0 Å². The molecule has 6 heteroatoms. The summed E-state index contributed by atoms with van der Waals surface area (Å²) in [7, 11) is 0. The SMILES string of the molecule is CC1=C2C(=CC(C)(C)[C@@H]2OC(=O)CCCC(=O)Oc2ccc3c(c2)CCC2C3CC[C@]3(C)C(O)CCC23)C(=O)[C@@H](C)C12CC2. The maximum absolute atomic E-state index is 13.2. The predicted molar refractivity (Wildman–Crippen MR) is 167 cm³/mol. The van der Waals surface area contributed by atoms with Gasteiger partial charge in [-0.05, 0) is 111 Å². The molecule has 6 aliphatic carbocycles. The average molecular weight is 601 g/mol. The van der Waals surface area contributed by atoms with E-state index >= 15 is 0 Å². The van der Waals surface area contributed by atoms with Crippen LogP contribution in [0.2, 0.25) is 0 Å². The Bertz CT molecular complexity index is 1480. The molecule has 44 heavy (non-hydrogen) atoms. The minimum Gasteiger partial charge on any atom is -0.457 e. The number of ether oxygens (including phenoxy) is 2. The highest BCUT2D eigenvalue weighted by Gasteiger charge is 2.59. The number of fused-ring (bicyclic) bond motifs is 6. The Hall–Kier alpha value is -2.73. The predicted octanol–water partition coefficient (Wildman–Crippen LogP) is 7.17. The van der Waals surface area contributed by atoms with E-state index in [0.717, 1.165) is 62.5 Å². The van der Waals surface area contributed by atoms with Gasteiger partial charge in [0.25, 0.3) is 0 Å². The number of hydrogen-bond donors (Lipinski definition) is 1. The molecule has 1 N–H and O–H groups in total. The molecule has 0 amide bonds. The van der Waals surface area contributed by atoms with Crippen molar-refractivity contribution in [3.63, 3.8) is 0 Å². The van der Waals surface area contributed by atoms with Crippen molar-refractivity contribution in [2.45, 2.75) is 123 Å². The Kier molecular flexibility index (Phi) is 7.08. The molecule has 236 valence electrons. The lowest BCUT2D eigenvalue weighted by Crippen LogP contribution is -2.43. The Balaban J connectivity index is 0.936. The molecular formula is C38H48O6. The molecule has 0 aliphatic heterocycles. The van der Waals surface area contributed by atoms with Gasteiger partial charge in [-0.3, -0.25) is 14.4 Å². The Morgan fingerprint density at radius 2 is 1.75 bits per heavy atom. The smallest absolute Gasteiger partial charge is 0.311 e. The molecule has 1 spiro atoms. The Labute approximate surface area is 261 Å². The summed E-state index contributed by atoms with van der Waals surface area (Å²) < 4.78 is 11.8. The second kappa shape index (κ2) is 10.4. The third kappa shape index (κ3) is 4.56. The lowest BCUT2D eigenvalue weighted by atomic mass is 9.55. The molecule has 6 nitrogen and oxygen atoms in total. The van der Waals surface area contributed by atoms with Crippen LogP contribution in [0.25, 0.3) is 0 Å². The Morgan fingerprint density at radius 3 is 2.50 bits per heavy atom. The van der Waals surface area contributed by atoms with Gasteiger partial charge in [0.2, 0.25) is 0 Å². The van der Waals surface area contributed by atoms with Gasteiger partial charge in [0, 0.05) is 40.7 Å². The van der Waals surface area contributed by atoms with Crippen molar-refractivity contribution in [3.8, 4) is 5.75 Å². The number of rotatable bonds is 6. The number of benzene rings is 1. The molecule has 3 saturated carbocycles. The van der Waals surface area contributed by atoms with Crippen LogP contribution < -0.4 is 4.74 Å². The van der Waals surface area contributed by atoms with Crippen LogP contribution in [0.4, 0.5) is 0 Å². The molecule has 0 radical (unpaired) electrons. The fourth-order valence-electron chi connectivity index (χ4n) is 10.2. The molecule has 3 fully saturated rings. The number of allylic oxidation sites excluding steroid dienone is 1. The number of aryl methyl sites for hydroxylation is 1. The summed E-state index contributed by atoms with van der Waals surface area (Å²) in [6.45, 7) is 10.5. The van der Waals surface area contributed by atoms with Crippen LogP contribution >= 0.6 is 0 Å². The van der Waals surface area contributed by atoms with Crippen LogP contribution in [0.5, 0.6) is 5.75 Å². The van der Waals surface area contributed by atoms with E-state index in [1.807, 2.05) is 39.0 Å². The van der Waals surface area contributed by atoms with Crippen LogP contribution in [-0.4, -0.2) is 35.0 Å². The summed E-state index contributed by atoms with van der Waals surface area (Å²) in [5.41, 5.74) is 5.09. The van der Waals surface area contributed by atoms with Crippen molar-refractivity contribution in [3.05, 3.63) is 52.1 Å². The lowest BCUT2D eigenvalue weighted by Gasteiger charge is -2.50. The summed E-state index contributed by atoms with van der Waals surface area (Å²) in [5, 5.41) is 10.7. The number of Topliss-reactive ketones (excluding diaryl/α,β-unsaturated/α-hetero) is 1. The zero-order valence-electron chi connectivity index (χ0n) is 27.0. The standard InChI is InChI=1S/C38H48O6/c1-21-33-28(34(42)22(2)38(21)17-18-38)20-36(3,4)35(33)44-32(41)8-6-7-31(40)43-24-10-12-25-23(19-24)9-11-27-26(25)15-16-37(5)29(27)13-14-30(37)39/h10,12,19-20,22,26-27,29-30,35,39H,6-9,11,13-18H2,1-5H3/t22-,26?,27?,29?,30?,35-,37+/m1/s1. The minimum atomic E-state index is -0.474. The van der Waals surface area contributed by atoms with E-state index in [9.17, 15) is 19.5 Å². The Morgan fingerprint density at radius 1 is 1.00 bits per heavy atom. The second-order valence-corrected chi connectivity index (χ2v) is 15.8. The molecule has 4 unspecified atom stereocenters. The van der Waals surface area contributed by atoms with Crippen LogP contribution in [0.1, 0.15) is 116 Å². The second-order valence-electron chi connectivity index (χ2n) is 15.8. The summed E-state index contributed by atoms with van der Waals surface area (Å²) in [4.78, 5) is 39.0. The fourth-order valence-corrected chi connectivity index (χ4v) is 10.2. The fraction of sp³-hybridized carbons (Fsp3) is 0.658. The maximum atomic E-state index is 13.2. The number of carbonyl (C=O) groups excluding carboxylic acids is 3. The van der Waals surface area contributed by atoms with Crippen LogP contribution in [0, 0.1) is 34.0 Å². The monoisotopic (exact) mass is 600 g/mol. The molecule has 6 aliphatic rings. The van der Waals surface area contributed by atoms with Gasteiger partial charge in [0.15, 0.2) is 5.78 Å². The van der Waals surface area contributed by atoms with Crippen molar-refractivity contribution >= 4 is 17.7 Å². The number of ketones is 1. The first-order chi connectivity index (χ1) is 20.9. The van der Waals surface area contributed by atoms with Gasteiger partial charge in [-0.2, -0.15) is 0 Å². The van der Waals surface area contributed by atoms with Gasteiger partial charge in [0.05, 0.1) is 6.10 Å². The van der Waals surface area contributed by atoms with E-state index in [-0.39, 0.29) is 53.4 Å². The van der Waals surface area contributed by atoms with Gasteiger partial charge < -0.3 is 14.6 Å². The summed E-state index contributed by atoms with van der Waals surface area (Å²) >= 11 is 0. The molecule has 0 aromatic heterocycles. The van der Waals surface area contributed by atoms with Gasteiger partial charge >= 0.3 is 11.9 Å². The van der Waals surface area contributed by atoms with Crippen LogP contribution in [0.15, 0.2) is 41.0 Å². The van der Waals surface area contributed by atoms with Gasteiger partial charge in [-0.25, -0.2) is 0 Å². The molecule has 7 atom stereocenters. The van der Waals surface area contributed by atoms with Crippen molar-refractivity contribution in [1.82, 2.24) is 0 Å². The third-order valence-corrected chi connectivity index (χ3v) is 13.1. The number of aliphatic hydroxyl groups is 1. The van der Waals surface area contributed by atoms with Crippen molar-refractivity contribution < 1.29 is 29.0 Å². The zero-order valence-corrected chi connectivity index (χ0v) is 27.0. The highest BCUT2D eigenvalue weighted by atomic mass is 16.5. The van der Waals surface area contributed by atoms with E-state index in [2.05, 4.69) is 19.9 Å². The lowest BCUT2D eigenvalue weighted by molar-refractivity contribution is -0.151.